The number of anilines is 1. The lowest BCUT2D eigenvalue weighted by Crippen LogP contribution is -2.49. The van der Waals surface area contributed by atoms with Crippen molar-refractivity contribution in [1.29, 1.82) is 0 Å². The number of carbonyl (C=O) groups is 2. The van der Waals surface area contributed by atoms with E-state index in [-0.39, 0.29) is 11.5 Å². The second-order valence-corrected chi connectivity index (χ2v) is 7.04. The first kappa shape index (κ1) is 18.0. The van der Waals surface area contributed by atoms with Crippen LogP contribution in [0.15, 0.2) is 48.8 Å². The molecule has 2 aromatic heterocycles. The van der Waals surface area contributed by atoms with E-state index in [0.717, 1.165) is 22.3 Å². The van der Waals surface area contributed by atoms with E-state index in [1.54, 1.807) is 12.1 Å². The number of piperazine rings is 1. The predicted octanol–water partition coefficient (Wildman–Crippen LogP) is 2.16. The molecule has 0 radical (unpaired) electrons. The smallest absolute Gasteiger partial charge is 0.337 e. The monoisotopic (exact) mass is 378 g/mol. The highest BCUT2D eigenvalue weighted by molar-refractivity contribution is 5.89. The molecule has 0 atom stereocenters. The zero-order valence-electron chi connectivity index (χ0n) is 15.7. The van der Waals surface area contributed by atoms with Crippen molar-refractivity contribution in [2.45, 2.75) is 6.42 Å². The lowest BCUT2D eigenvalue weighted by atomic mass is 10.1. The number of fused-ring (bicyclic) bond motifs is 1. The molecule has 0 unspecified atom stereocenters. The highest BCUT2D eigenvalue weighted by Crippen LogP contribution is 2.22. The molecule has 1 aliphatic heterocycles. The minimum absolute atomic E-state index is 0.130. The molecule has 0 spiro atoms. The van der Waals surface area contributed by atoms with E-state index in [9.17, 15) is 9.59 Å². The Morgan fingerprint density at radius 3 is 2.50 bits per heavy atom. The number of hydrogen-bond acceptors (Lipinski definition) is 4. The van der Waals surface area contributed by atoms with Gasteiger partial charge in [-0.15, -0.1) is 0 Å². The van der Waals surface area contributed by atoms with Crippen molar-refractivity contribution in [2.75, 3.05) is 31.1 Å². The average Bonchev–Trinajstić information content (AvgIpc) is 3.04. The van der Waals surface area contributed by atoms with E-state index in [1.807, 2.05) is 30.3 Å². The normalized spacial score (nSPS) is 14.5. The third-order valence-electron chi connectivity index (χ3n) is 5.27. The van der Waals surface area contributed by atoms with Gasteiger partial charge in [0.15, 0.2) is 0 Å². The molecule has 28 heavy (non-hydrogen) atoms. The lowest BCUT2D eigenvalue weighted by molar-refractivity contribution is -0.130. The first-order chi connectivity index (χ1) is 13.5. The molecule has 0 bridgehead atoms. The van der Waals surface area contributed by atoms with Gasteiger partial charge in [-0.3, -0.25) is 4.79 Å². The van der Waals surface area contributed by atoms with Gasteiger partial charge in [0.2, 0.25) is 5.91 Å². The maximum absolute atomic E-state index is 12.8. The number of pyridine rings is 1. The van der Waals surface area contributed by atoms with Crippen molar-refractivity contribution in [3.05, 3.63) is 59.9 Å². The van der Waals surface area contributed by atoms with Crippen molar-refractivity contribution < 1.29 is 14.7 Å². The van der Waals surface area contributed by atoms with E-state index in [1.165, 1.54) is 6.20 Å². The summed E-state index contributed by atoms with van der Waals surface area (Å²) in [5.41, 5.74) is 2.36. The summed E-state index contributed by atoms with van der Waals surface area (Å²) >= 11 is 0. The summed E-state index contributed by atoms with van der Waals surface area (Å²) in [7, 11) is 2.00. The van der Waals surface area contributed by atoms with Crippen LogP contribution in [0.25, 0.3) is 10.9 Å². The average molecular weight is 378 g/mol. The quantitative estimate of drug-likeness (QED) is 0.753. The number of amides is 1. The van der Waals surface area contributed by atoms with Gasteiger partial charge in [0.25, 0.3) is 0 Å². The number of carbonyl (C=O) groups excluding carboxylic acids is 1. The highest BCUT2D eigenvalue weighted by Gasteiger charge is 2.23. The number of aryl methyl sites for hydroxylation is 1. The molecule has 1 aromatic carbocycles. The van der Waals surface area contributed by atoms with Crippen molar-refractivity contribution in [3.63, 3.8) is 0 Å². The van der Waals surface area contributed by atoms with Crippen LogP contribution in [0.4, 0.5) is 5.82 Å². The molecule has 7 heteroatoms. The van der Waals surface area contributed by atoms with Crippen LogP contribution in [-0.4, -0.2) is 57.6 Å². The molecule has 3 aromatic rings. The fourth-order valence-corrected chi connectivity index (χ4v) is 3.73. The third kappa shape index (κ3) is 3.43. The van der Waals surface area contributed by atoms with Crippen LogP contribution in [0.2, 0.25) is 0 Å². The Morgan fingerprint density at radius 1 is 1.07 bits per heavy atom. The number of carboxylic acid groups (broad SMARTS) is 1. The number of aromatic nitrogens is 2. The Hall–Kier alpha value is -3.35. The molecular formula is C21H22N4O3. The van der Waals surface area contributed by atoms with Crippen molar-refractivity contribution >= 4 is 28.6 Å². The predicted molar refractivity (Wildman–Crippen MR) is 107 cm³/mol. The maximum atomic E-state index is 12.8. The summed E-state index contributed by atoms with van der Waals surface area (Å²) in [5.74, 6) is -0.112. The molecular weight excluding hydrogens is 356 g/mol. The Balaban J connectivity index is 1.39. The first-order valence-corrected chi connectivity index (χ1v) is 9.28. The Labute approximate surface area is 162 Å². The first-order valence-electron chi connectivity index (χ1n) is 9.28. The van der Waals surface area contributed by atoms with Crippen molar-refractivity contribution in [2.24, 2.45) is 7.05 Å². The summed E-state index contributed by atoms with van der Waals surface area (Å²) in [6.45, 7) is 2.62. The summed E-state index contributed by atoms with van der Waals surface area (Å²) in [5, 5.41) is 10.1. The van der Waals surface area contributed by atoms with Crippen molar-refractivity contribution in [1.82, 2.24) is 14.5 Å². The molecule has 144 valence electrons. The van der Waals surface area contributed by atoms with Gasteiger partial charge in [0.05, 0.1) is 12.0 Å². The number of rotatable bonds is 4. The van der Waals surface area contributed by atoms with Crippen LogP contribution in [0.1, 0.15) is 15.9 Å². The van der Waals surface area contributed by atoms with E-state index < -0.39 is 5.97 Å². The van der Waals surface area contributed by atoms with E-state index >= 15 is 0 Å². The fraction of sp³-hybridized carbons (Fsp3) is 0.286. The van der Waals surface area contributed by atoms with Crippen LogP contribution in [0, 0.1) is 0 Å². The highest BCUT2D eigenvalue weighted by atomic mass is 16.4. The zero-order valence-corrected chi connectivity index (χ0v) is 15.7. The van der Waals surface area contributed by atoms with Gasteiger partial charge in [0, 0.05) is 56.5 Å². The zero-order chi connectivity index (χ0) is 19.7. The molecule has 1 amide bonds. The van der Waals surface area contributed by atoms with Crippen LogP contribution in [-0.2, 0) is 18.3 Å². The standard InChI is InChI=1S/C21H22N4O3/c1-23-14-16(17-4-2-3-5-18(17)23)12-20(26)25-10-8-24(9-11-25)19-7-6-15(13-22-19)21(27)28/h2-7,13-14H,8-12H2,1H3,(H,27,28). The van der Waals surface area contributed by atoms with Crippen molar-refractivity contribution in [3.8, 4) is 0 Å². The molecule has 0 aliphatic carbocycles. The van der Waals surface area contributed by atoms with Crippen LogP contribution in [0.5, 0.6) is 0 Å². The minimum atomic E-state index is -0.983. The van der Waals surface area contributed by atoms with Gasteiger partial charge in [-0.25, -0.2) is 9.78 Å². The van der Waals surface area contributed by atoms with Gasteiger partial charge in [0.1, 0.15) is 5.82 Å². The molecule has 1 fully saturated rings. The Morgan fingerprint density at radius 2 is 1.82 bits per heavy atom. The third-order valence-corrected chi connectivity index (χ3v) is 5.27. The van der Waals surface area contributed by atoms with Gasteiger partial charge >= 0.3 is 5.97 Å². The number of aromatic carboxylic acids is 1. The van der Waals surface area contributed by atoms with Gasteiger partial charge in [-0.05, 0) is 23.8 Å². The Kier molecular flexibility index (Phi) is 4.73. The second kappa shape index (κ2) is 7.34. The summed E-state index contributed by atoms with van der Waals surface area (Å²) in [4.78, 5) is 31.9. The maximum Gasteiger partial charge on any atom is 0.337 e. The minimum Gasteiger partial charge on any atom is -0.478 e. The topological polar surface area (TPSA) is 78.7 Å². The summed E-state index contributed by atoms with van der Waals surface area (Å²) in [6, 6.07) is 11.4. The SMILES string of the molecule is Cn1cc(CC(=O)N2CCN(c3ccc(C(=O)O)cn3)CC2)c2ccccc21. The largest absolute Gasteiger partial charge is 0.478 e. The Bertz CT molecular complexity index is 1020. The van der Waals surface area contributed by atoms with E-state index in [4.69, 9.17) is 5.11 Å². The van der Waals surface area contributed by atoms with Gasteiger partial charge in [-0.1, -0.05) is 18.2 Å². The van der Waals surface area contributed by atoms with Crippen LogP contribution in [0.3, 0.4) is 0 Å². The molecule has 0 saturated carbocycles. The van der Waals surface area contributed by atoms with Crippen LogP contribution >= 0.6 is 0 Å². The molecule has 1 N–H and O–H groups in total. The number of benzene rings is 1. The van der Waals surface area contributed by atoms with Gasteiger partial charge in [-0.2, -0.15) is 0 Å². The number of nitrogens with zero attached hydrogens (tertiary/aromatic N) is 4. The van der Waals surface area contributed by atoms with E-state index in [0.29, 0.717) is 32.6 Å². The molecule has 3 heterocycles. The van der Waals surface area contributed by atoms with E-state index in [2.05, 4.69) is 26.6 Å². The number of carboxylic acids is 1. The molecule has 7 nitrogen and oxygen atoms in total. The van der Waals surface area contributed by atoms with Gasteiger partial charge < -0.3 is 19.5 Å². The second-order valence-electron chi connectivity index (χ2n) is 7.04. The molecule has 4 rings (SSSR count). The summed E-state index contributed by atoms with van der Waals surface area (Å²) in [6.07, 6.45) is 3.80. The summed E-state index contributed by atoms with van der Waals surface area (Å²) < 4.78 is 2.06. The van der Waals surface area contributed by atoms with Crippen LogP contribution < -0.4 is 4.90 Å². The fourth-order valence-electron chi connectivity index (χ4n) is 3.73. The lowest BCUT2D eigenvalue weighted by Gasteiger charge is -2.35. The molecule has 1 saturated heterocycles. The number of hydrogen-bond donors (Lipinski definition) is 1. The molecule has 1 aliphatic rings. The number of para-hydroxylation sites is 1.